The Morgan fingerprint density at radius 2 is 1.77 bits per heavy atom. The molecule has 0 fully saturated rings. The summed E-state index contributed by atoms with van der Waals surface area (Å²) in [4.78, 5) is 12.0. The number of rotatable bonds is 7. The summed E-state index contributed by atoms with van der Waals surface area (Å²) in [6.45, 7) is 0.841. The van der Waals surface area contributed by atoms with Crippen LogP contribution in [0.5, 0.6) is 0 Å². The summed E-state index contributed by atoms with van der Waals surface area (Å²) in [7, 11) is 0. The van der Waals surface area contributed by atoms with Crippen molar-refractivity contribution in [3.05, 3.63) is 81.4 Å². The van der Waals surface area contributed by atoms with Gasteiger partial charge in [-0.05, 0) is 58.7 Å². The Balaban J connectivity index is 1.46. The molecule has 4 nitrogen and oxygen atoms in total. The number of para-hydroxylation sites is 1. The average Bonchev–Trinajstić information content (AvgIpc) is 3.06. The molecule has 1 aromatic heterocycles. The molecule has 0 bridgehead atoms. The van der Waals surface area contributed by atoms with Crippen molar-refractivity contribution >= 4 is 34.2 Å². The summed E-state index contributed by atoms with van der Waals surface area (Å²) in [6.07, 6.45) is 5.71. The number of aryl methyl sites for hydroxylation is 3. The molecule has 1 amide bonds. The van der Waals surface area contributed by atoms with E-state index in [1.165, 1.54) is 11.6 Å². The topological polar surface area (TPSA) is 46.9 Å². The van der Waals surface area contributed by atoms with Crippen LogP contribution in [0.2, 0.25) is 0 Å². The van der Waals surface area contributed by atoms with Gasteiger partial charge in [-0.2, -0.15) is 5.10 Å². The van der Waals surface area contributed by atoms with Crippen LogP contribution in [0, 0.1) is 9.39 Å². The molecule has 0 atom stereocenters. The van der Waals surface area contributed by atoms with Crippen LogP contribution >= 0.6 is 22.6 Å². The van der Waals surface area contributed by atoms with Gasteiger partial charge in [-0.25, -0.2) is 4.39 Å². The zero-order valence-corrected chi connectivity index (χ0v) is 16.3. The Hall–Kier alpha value is -2.22. The van der Waals surface area contributed by atoms with Crippen LogP contribution < -0.4 is 5.32 Å². The highest BCUT2D eigenvalue weighted by molar-refractivity contribution is 14.1. The SMILES string of the molecule is O=C(CCc1ccc(CCn2cc(I)cn2)cc1)Nc1ccccc1F. The van der Waals surface area contributed by atoms with Crippen LogP contribution in [0.3, 0.4) is 0 Å². The van der Waals surface area contributed by atoms with Gasteiger partial charge in [-0.1, -0.05) is 36.4 Å². The zero-order valence-electron chi connectivity index (χ0n) is 14.2. The first-order valence-electron chi connectivity index (χ1n) is 8.40. The summed E-state index contributed by atoms with van der Waals surface area (Å²) < 4.78 is 16.6. The Morgan fingerprint density at radius 1 is 1.08 bits per heavy atom. The Labute approximate surface area is 165 Å². The molecule has 0 saturated carbocycles. The van der Waals surface area contributed by atoms with Gasteiger partial charge in [0.1, 0.15) is 5.82 Å². The highest BCUT2D eigenvalue weighted by Gasteiger charge is 2.06. The molecule has 0 spiro atoms. The second-order valence-electron chi connectivity index (χ2n) is 6.02. The zero-order chi connectivity index (χ0) is 18.4. The smallest absolute Gasteiger partial charge is 0.224 e. The van der Waals surface area contributed by atoms with Crippen molar-refractivity contribution in [3.8, 4) is 0 Å². The minimum absolute atomic E-state index is 0.188. The number of hydrogen-bond acceptors (Lipinski definition) is 2. The van der Waals surface area contributed by atoms with E-state index in [4.69, 9.17) is 0 Å². The first-order valence-corrected chi connectivity index (χ1v) is 9.48. The van der Waals surface area contributed by atoms with E-state index < -0.39 is 5.82 Å². The van der Waals surface area contributed by atoms with Crippen molar-refractivity contribution in [1.82, 2.24) is 9.78 Å². The fourth-order valence-corrected chi connectivity index (χ4v) is 3.06. The molecule has 6 heteroatoms. The Morgan fingerprint density at radius 3 is 2.42 bits per heavy atom. The predicted molar refractivity (Wildman–Crippen MR) is 108 cm³/mol. The first kappa shape index (κ1) is 18.6. The van der Waals surface area contributed by atoms with Crippen LogP contribution in [0.25, 0.3) is 0 Å². The molecule has 0 unspecified atom stereocenters. The van der Waals surface area contributed by atoms with Gasteiger partial charge in [0.2, 0.25) is 5.91 Å². The summed E-state index contributed by atoms with van der Waals surface area (Å²) in [5, 5.41) is 6.88. The number of hydrogen-bond donors (Lipinski definition) is 1. The molecule has 1 N–H and O–H groups in total. The van der Waals surface area contributed by atoms with Crippen molar-refractivity contribution in [1.29, 1.82) is 0 Å². The number of nitrogens with one attached hydrogen (secondary N) is 1. The molecule has 0 aliphatic rings. The lowest BCUT2D eigenvalue weighted by atomic mass is 10.1. The third-order valence-corrected chi connectivity index (χ3v) is 4.60. The number of amides is 1. The third kappa shape index (κ3) is 5.39. The van der Waals surface area contributed by atoms with E-state index in [0.717, 1.165) is 22.1 Å². The van der Waals surface area contributed by atoms with Crippen LogP contribution in [0.4, 0.5) is 10.1 Å². The standard InChI is InChI=1S/C20H19FIN3O/c21-18-3-1-2-4-19(18)24-20(26)10-9-15-5-7-16(8-6-15)11-12-25-14-17(22)13-23-25/h1-8,13-14H,9-12H2,(H,24,26). The van der Waals surface area contributed by atoms with Crippen LogP contribution in [-0.2, 0) is 24.2 Å². The Bertz CT molecular complexity index is 877. The molecule has 0 radical (unpaired) electrons. The highest BCUT2D eigenvalue weighted by atomic mass is 127. The number of aromatic nitrogens is 2. The molecule has 0 aliphatic carbocycles. The minimum Gasteiger partial charge on any atom is -0.324 e. The number of nitrogens with zero attached hydrogens (tertiary/aromatic N) is 2. The Kier molecular flexibility index (Phi) is 6.38. The molecular weight excluding hydrogens is 444 g/mol. The maximum absolute atomic E-state index is 13.5. The highest BCUT2D eigenvalue weighted by Crippen LogP contribution is 2.14. The number of carbonyl (C=O) groups excluding carboxylic acids is 1. The first-order chi connectivity index (χ1) is 12.6. The molecule has 1 heterocycles. The van der Waals surface area contributed by atoms with Gasteiger partial charge in [-0.15, -0.1) is 0 Å². The normalized spacial score (nSPS) is 10.7. The fourth-order valence-electron chi connectivity index (χ4n) is 2.61. The molecule has 26 heavy (non-hydrogen) atoms. The molecule has 2 aromatic carbocycles. The van der Waals surface area contributed by atoms with Crippen molar-refractivity contribution < 1.29 is 9.18 Å². The van der Waals surface area contributed by atoms with Crippen molar-refractivity contribution in [2.24, 2.45) is 0 Å². The molecule has 3 aromatic rings. The van der Waals surface area contributed by atoms with Gasteiger partial charge in [0, 0.05) is 19.2 Å². The van der Waals surface area contributed by atoms with Gasteiger partial charge < -0.3 is 5.32 Å². The van der Waals surface area contributed by atoms with Crippen molar-refractivity contribution in [3.63, 3.8) is 0 Å². The molecular formula is C20H19FIN3O. The fraction of sp³-hybridized carbons (Fsp3) is 0.200. The summed E-state index contributed by atoms with van der Waals surface area (Å²) in [5.74, 6) is -0.607. The van der Waals surface area contributed by atoms with Crippen LogP contribution in [0.15, 0.2) is 60.9 Å². The lowest BCUT2D eigenvalue weighted by molar-refractivity contribution is -0.116. The molecule has 3 rings (SSSR count). The number of benzene rings is 2. The maximum Gasteiger partial charge on any atom is 0.224 e. The molecule has 134 valence electrons. The van der Waals surface area contributed by atoms with Gasteiger partial charge in [0.15, 0.2) is 0 Å². The van der Waals surface area contributed by atoms with Gasteiger partial charge in [0.25, 0.3) is 0 Å². The summed E-state index contributed by atoms with van der Waals surface area (Å²) >= 11 is 2.25. The molecule has 0 aliphatic heterocycles. The van der Waals surface area contributed by atoms with Crippen molar-refractivity contribution in [2.45, 2.75) is 25.8 Å². The lowest BCUT2D eigenvalue weighted by Gasteiger charge is -2.07. The second-order valence-corrected chi connectivity index (χ2v) is 7.26. The maximum atomic E-state index is 13.5. The van der Waals surface area contributed by atoms with E-state index in [-0.39, 0.29) is 11.6 Å². The monoisotopic (exact) mass is 463 g/mol. The van der Waals surface area contributed by atoms with Gasteiger partial charge >= 0.3 is 0 Å². The van der Waals surface area contributed by atoms with E-state index in [0.29, 0.717) is 12.8 Å². The molecule has 0 saturated heterocycles. The van der Waals surface area contributed by atoms with Crippen LogP contribution in [0.1, 0.15) is 17.5 Å². The van der Waals surface area contributed by atoms with E-state index in [1.807, 2.05) is 29.2 Å². The number of anilines is 1. The van der Waals surface area contributed by atoms with Gasteiger partial charge in [0.05, 0.1) is 15.5 Å². The number of carbonyl (C=O) groups is 1. The van der Waals surface area contributed by atoms with Gasteiger partial charge in [-0.3, -0.25) is 9.48 Å². The number of halogens is 2. The van der Waals surface area contributed by atoms with Crippen LogP contribution in [-0.4, -0.2) is 15.7 Å². The van der Waals surface area contributed by atoms with Crippen molar-refractivity contribution in [2.75, 3.05) is 5.32 Å². The largest absolute Gasteiger partial charge is 0.324 e. The summed E-state index contributed by atoms with van der Waals surface area (Å²) in [6, 6.07) is 14.4. The van der Waals surface area contributed by atoms with E-state index >= 15 is 0 Å². The third-order valence-electron chi connectivity index (χ3n) is 4.04. The predicted octanol–water partition coefficient (Wildman–Crippen LogP) is 4.44. The second kappa shape index (κ2) is 8.93. The minimum atomic E-state index is -0.419. The summed E-state index contributed by atoms with van der Waals surface area (Å²) in [5.41, 5.74) is 2.54. The lowest BCUT2D eigenvalue weighted by Crippen LogP contribution is -2.13. The van der Waals surface area contributed by atoms with E-state index in [2.05, 4.69) is 45.1 Å². The average molecular weight is 463 g/mol. The quantitative estimate of drug-likeness (QED) is 0.527. The van der Waals surface area contributed by atoms with E-state index in [9.17, 15) is 9.18 Å². The van der Waals surface area contributed by atoms with E-state index in [1.54, 1.807) is 18.2 Å².